The zero-order valence-electron chi connectivity index (χ0n) is 11.4. The molecular weight excluding hydrogens is 240 g/mol. The quantitative estimate of drug-likeness (QED) is 0.845. The summed E-state index contributed by atoms with van der Waals surface area (Å²) in [5.41, 5.74) is 2.08. The Labute approximate surface area is 114 Å². The maximum atomic E-state index is 11.9. The lowest BCUT2D eigenvalue weighted by atomic mass is 10.1. The Morgan fingerprint density at radius 3 is 3.05 bits per heavy atom. The van der Waals surface area contributed by atoms with Gasteiger partial charge in [0, 0.05) is 18.8 Å². The topological polar surface area (TPSA) is 52.6 Å². The van der Waals surface area contributed by atoms with Crippen molar-refractivity contribution in [2.24, 2.45) is 5.92 Å². The van der Waals surface area contributed by atoms with Gasteiger partial charge in [0.2, 0.25) is 5.91 Å². The van der Waals surface area contributed by atoms with Gasteiger partial charge in [-0.1, -0.05) is 19.1 Å². The van der Waals surface area contributed by atoms with Crippen LogP contribution in [-0.2, 0) is 11.2 Å². The van der Waals surface area contributed by atoms with Crippen LogP contribution in [0, 0.1) is 5.92 Å². The molecule has 0 spiro atoms. The van der Waals surface area contributed by atoms with Gasteiger partial charge in [0.1, 0.15) is 0 Å². The summed E-state index contributed by atoms with van der Waals surface area (Å²) in [7, 11) is 0. The largest absolute Gasteiger partial charge is 0.396 e. The van der Waals surface area contributed by atoms with Crippen LogP contribution in [0.5, 0.6) is 0 Å². The number of aliphatic hydroxyl groups is 1. The minimum absolute atomic E-state index is 0.0202. The number of hydrogen-bond donors (Lipinski definition) is 2. The normalized spacial score (nSPS) is 19.6. The lowest BCUT2D eigenvalue weighted by Gasteiger charge is -2.15. The Balaban J connectivity index is 1.84. The zero-order chi connectivity index (χ0) is 13.7. The van der Waals surface area contributed by atoms with Gasteiger partial charge in [-0.2, -0.15) is 0 Å². The summed E-state index contributed by atoms with van der Waals surface area (Å²) in [5.74, 6) is 0.350. The lowest BCUT2D eigenvalue weighted by Crippen LogP contribution is -2.31. The van der Waals surface area contributed by atoms with E-state index in [0.29, 0.717) is 12.5 Å². The van der Waals surface area contributed by atoms with Crippen molar-refractivity contribution in [3.8, 4) is 0 Å². The second-order valence-electron chi connectivity index (χ2n) is 5.17. The molecule has 1 amide bonds. The predicted molar refractivity (Wildman–Crippen MR) is 76.1 cm³/mol. The fraction of sp³-hybridized carbons (Fsp3) is 0.533. The third-order valence-corrected chi connectivity index (χ3v) is 3.61. The number of rotatable bonds is 5. The van der Waals surface area contributed by atoms with Gasteiger partial charge in [-0.15, -0.1) is 0 Å². The van der Waals surface area contributed by atoms with E-state index >= 15 is 0 Å². The molecule has 1 fully saturated rings. The third-order valence-electron chi connectivity index (χ3n) is 3.61. The molecule has 2 rings (SSSR count). The number of carbonyl (C=O) groups excluding carboxylic acids is 1. The van der Waals surface area contributed by atoms with Crippen LogP contribution in [0.3, 0.4) is 0 Å². The Morgan fingerprint density at radius 2 is 2.37 bits per heavy atom. The number of nitrogens with one attached hydrogen (secondary N) is 1. The zero-order valence-corrected chi connectivity index (χ0v) is 11.4. The van der Waals surface area contributed by atoms with Crippen molar-refractivity contribution >= 4 is 11.6 Å². The van der Waals surface area contributed by atoms with E-state index in [4.69, 9.17) is 5.11 Å². The number of aliphatic hydroxyl groups excluding tert-OH is 1. The summed E-state index contributed by atoms with van der Waals surface area (Å²) in [5, 5.41) is 12.0. The molecule has 2 N–H and O–H groups in total. The van der Waals surface area contributed by atoms with E-state index in [9.17, 15) is 4.79 Å². The van der Waals surface area contributed by atoms with Gasteiger partial charge in [0.05, 0.1) is 6.54 Å². The van der Waals surface area contributed by atoms with Gasteiger partial charge in [-0.25, -0.2) is 0 Å². The van der Waals surface area contributed by atoms with Crippen molar-refractivity contribution in [2.75, 3.05) is 31.6 Å². The summed E-state index contributed by atoms with van der Waals surface area (Å²) in [6, 6.07) is 7.95. The average Bonchev–Trinajstić information content (AvgIpc) is 2.86. The van der Waals surface area contributed by atoms with Crippen LogP contribution in [0.25, 0.3) is 0 Å². The molecule has 4 heteroatoms. The van der Waals surface area contributed by atoms with E-state index < -0.39 is 0 Å². The van der Waals surface area contributed by atoms with Crippen LogP contribution >= 0.6 is 0 Å². The van der Waals surface area contributed by atoms with Crippen molar-refractivity contribution in [3.05, 3.63) is 29.8 Å². The molecule has 0 saturated carbocycles. The number of anilines is 1. The second-order valence-corrected chi connectivity index (χ2v) is 5.17. The molecule has 1 aromatic rings. The molecule has 0 bridgehead atoms. The van der Waals surface area contributed by atoms with Gasteiger partial charge in [-0.05, 0) is 43.0 Å². The molecular formula is C15H22N2O2. The lowest BCUT2D eigenvalue weighted by molar-refractivity contribution is -0.117. The first kappa shape index (κ1) is 14.0. The first-order chi connectivity index (χ1) is 9.21. The minimum atomic E-state index is 0.0202. The van der Waals surface area contributed by atoms with Crippen LogP contribution in [0.1, 0.15) is 18.9 Å². The predicted octanol–water partition coefficient (Wildman–Crippen LogP) is 1.50. The highest BCUT2D eigenvalue weighted by Gasteiger charge is 2.23. The molecule has 1 unspecified atom stereocenters. The van der Waals surface area contributed by atoms with E-state index in [2.05, 4.69) is 23.2 Å². The summed E-state index contributed by atoms with van der Waals surface area (Å²) in [6.45, 7) is 4.44. The van der Waals surface area contributed by atoms with Crippen molar-refractivity contribution in [1.82, 2.24) is 4.90 Å². The molecule has 0 radical (unpaired) electrons. The molecule has 1 atom stereocenters. The first-order valence-corrected chi connectivity index (χ1v) is 6.93. The van der Waals surface area contributed by atoms with Crippen LogP contribution in [-0.4, -0.2) is 42.2 Å². The summed E-state index contributed by atoms with van der Waals surface area (Å²) >= 11 is 0. The van der Waals surface area contributed by atoms with Gasteiger partial charge >= 0.3 is 0 Å². The number of aryl methyl sites for hydroxylation is 1. The number of amides is 1. The molecule has 104 valence electrons. The summed E-state index contributed by atoms with van der Waals surface area (Å²) < 4.78 is 0. The standard InChI is InChI=1S/C15H22N2O2/c1-2-12-4-3-5-14(8-12)16-15(19)10-17-7-6-13(9-17)11-18/h3-5,8,13,18H,2,6-7,9-11H2,1H3,(H,16,19). The van der Waals surface area contributed by atoms with Gasteiger partial charge in [-0.3, -0.25) is 9.69 Å². The van der Waals surface area contributed by atoms with Crippen LogP contribution in [0.2, 0.25) is 0 Å². The molecule has 19 heavy (non-hydrogen) atoms. The van der Waals surface area contributed by atoms with Crippen LogP contribution < -0.4 is 5.32 Å². The fourth-order valence-electron chi connectivity index (χ4n) is 2.48. The van der Waals surface area contributed by atoms with E-state index in [1.54, 1.807) is 0 Å². The fourth-order valence-corrected chi connectivity index (χ4v) is 2.48. The van der Waals surface area contributed by atoms with Crippen molar-refractivity contribution in [3.63, 3.8) is 0 Å². The Bertz CT molecular complexity index is 434. The van der Waals surface area contributed by atoms with E-state index in [0.717, 1.165) is 31.6 Å². The molecule has 1 heterocycles. The van der Waals surface area contributed by atoms with E-state index in [1.165, 1.54) is 5.56 Å². The molecule has 0 aliphatic carbocycles. The monoisotopic (exact) mass is 262 g/mol. The third kappa shape index (κ3) is 4.04. The van der Waals surface area contributed by atoms with Crippen LogP contribution in [0.4, 0.5) is 5.69 Å². The maximum absolute atomic E-state index is 11.9. The Hall–Kier alpha value is -1.39. The Morgan fingerprint density at radius 1 is 1.53 bits per heavy atom. The number of benzene rings is 1. The van der Waals surface area contributed by atoms with E-state index in [1.807, 2.05) is 18.2 Å². The first-order valence-electron chi connectivity index (χ1n) is 6.93. The molecule has 1 aromatic carbocycles. The number of hydrogen-bond acceptors (Lipinski definition) is 3. The highest BCUT2D eigenvalue weighted by Crippen LogP contribution is 2.15. The molecule has 1 saturated heterocycles. The van der Waals surface area contributed by atoms with Crippen molar-refractivity contribution < 1.29 is 9.90 Å². The van der Waals surface area contributed by atoms with Gasteiger partial charge in [0.25, 0.3) is 0 Å². The van der Waals surface area contributed by atoms with Gasteiger partial charge < -0.3 is 10.4 Å². The maximum Gasteiger partial charge on any atom is 0.238 e. The molecule has 0 aromatic heterocycles. The molecule has 1 aliphatic heterocycles. The number of nitrogens with zero attached hydrogens (tertiary/aromatic N) is 1. The Kier molecular flexibility index (Phi) is 4.93. The smallest absolute Gasteiger partial charge is 0.238 e. The minimum Gasteiger partial charge on any atom is -0.396 e. The van der Waals surface area contributed by atoms with Crippen molar-refractivity contribution in [2.45, 2.75) is 19.8 Å². The SMILES string of the molecule is CCc1cccc(NC(=O)CN2CCC(CO)C2)c1. The number of carbonyl (C=O) groups is 1. The average molecular weight is 262 g/mol. The summed E-state index contributed by atoms with van der Waals surface area (Å²) in [4.78, 5) is 14.0. The van der Waals surface area contributed by atoms with Crippen molar-refractivity contribution in [1.29, 1.82) is 0 Å². The molecule has 4 nitrogen and oxygen atoms in total. The molecule has 1 aliphatic rings. The van der Waals surface area contributed by atoms with Gasteiger partial charge in [0.15, 0.2) is 0 Å². The van der Waals surface area contributed by atoms with E-state index in [-0.39, 0.29) is 12.5 Å². The highest BCUT2D eigenvalue weighted by atomic mass is 16.3. The highest BCUT2D eigenvalue weighted by molar-refractivity contribution is 5.92. The number of likely N-dealkylation sites (tertiary alicyclic amines) is 1. The summed E-state index contributed by atoms with van der Waals surface area (Å²) in [6.07, 6.45) is 1.95. The van der Waals surface area contributed by atoms with Crippen LogP contribution in [0.15, 0.2) is 24.3 Å². The second kappa shape index (κ2) is 6.68.